The molecule has 0 spiro atoms. The van der Waals surface area contributed by atoms with Crippen LogP contribution in [0.5, 0.6) is 5.75 Å². The molecule has 1 rings (SSSR count). The quantitative estimate of drug-likeness (QED) is 0.653. The molecule has 0 aliphatic rings. The molecule has 2 N–H and O–H groups in total. The Morgan fingerprint density at radius 2 is 2.00 bits per heavy atom. The lowest BCUT2D eigenvalue weighted by Gasteiger charge is -2.15. The van der Waals surface area contributed by atoms with E-state index in [9.17, 15) is 5.11 Å². The number of phenols is 1. The van der Waals surface area contributed by atoms with E-state index in [1.54, 1.807) is 7.05 Å². The molecular formula is C9H14N2O. The molecule has 1 aromatic carbocycles. The van der Waals surface area contributed by atoms with E-state index >= 15 is 0 Å². The van der Waals surface area contributed by atoms with E-state index in [-0.39, 0.29) is 0 Å². The summed E-state index contributed by atoms with van der Waals surface area (Å²) in [6.07, 6.45) is 0. The summed E-state index contributed by atoms with van der Waals surface area (Å²) in [5, 5.41) is 12.6. The van der Waals surface area contributed by atoms with E-state index in [2.05, 4.69) is 5.32 Å². The highest BCUT2D eigenvalue weighted by Crippen LogP contribution is 2.32. The van der Waals surface area contributed by atoms with Gasteiger partial charge in [0.05, 0.1) is 11.4 Å². The van der Waals surface area contributed by atoms with Crippen LogP contribution in [0.4, 0.5) is 11.4 Å². The van der Waals surface area contributed by atoms with Crippen molar-refractivity contribution in [3.63, 3.8) is 0 Å². The van der Waals surface area contributed by atoms with Crippen LogP contribution >= 0.6 is 0 Å². The first-order valence-electron chi connectivity index (χ1n) is 3.84. The van der Waals surface area contributed by atoms with Crippen molar-refractivity contribution in [1.82, 2.24) is 0 Å². The van der Waals surface area contributed by atoms with E-state index in [0.717, 1.165) is 11.4 Å². The summed E-state index contributed by atoms with van der Waals surface area (Å²) >= 11 is 0. The van der Waals surface area contributed by atoms with Crippen LogP contribution in [0.2, 0.25) is 0 Å². The maximum atomic E-state index is 9.66. The second-order valence-corrected chi connectivity index (χ2v) is 2.82. The molecule has 0 bridgehead atoms. The Kier molecular flexibility index (Phi) is 2.43. The monoisotopic (exact) mass is 166 g/mol. The van der Waals surface area contributed by atoms with E-state index in [1.807, 2.05) is 37.2 Å². The lowest BCUT2D eigenvalue weighted by Crippen LogP contribution is -2.09. The summed E-state index contributed by atoms with van der Waals surface area (Å²) in [6, 6.07) is 5.61. The van der Waals surface area contributed by atoms with Gasteiger partial charge >= 0.3 is 0 Å². The first-order valence-corrected chi connectivity index (χ1v) is 3.84. The Morgan fingerprint density at radius 1 is 1.33 bits per heavy atom. The van der Waals surface area contributed by atoms with Gasteiger partial charge in [-0.1, -0.05) is 6.07 Å². The van der Waals surface area contributed by atoms with Crippen LogP contribution in [0, 0.1) is 0 Å². The zero-order valence-corrected chi connectivity index (χ0v) is 7.63. The van der Waals surface area contributed by atoms with Gasteiger partial charge in [0.25, 0.3) is 0 Å². The smallest absolute Gasteiger partial charge is 0.162 e. The first-order chi connectivity index (χ1) is 5.66. The highest BCUT2D eigenvalue weighted by Gasteiger charge is 2.05. The molecule has 3 heteroatoms. The van der Waals surface area contributed by atoms with Crippen LogP contribution in [0.1, 0.15) is 0 Å². The Hall–Kier alpha value is -1.38. The SMILES string of the molecule is CNc1cccc(N(C)C)c1O. The third kappa shape index (κ3) is 1.44. The van der Waals surface area contributed by atoms with Crippen LogP contribution < -0.4 is 10.2 Å². The lowest BCUT2D eigenvalue weighted by molar-refractivity contribution is 0.478. The number of rotatable bonds is 2. The van der Waals surface area contributed by atoms with Gasteiger partial charge in [-0.25, -0.2) is 0 Å². The van der Waals surface area contributed by atoms with Crippen molar-refractivity contribution >= 4 is 11.4 Å². The molecule has 0 amide bonds. The van der Waals surface area contributed by atoms with Crippen LogP contribution in [0.15, 0.2) is 18.2 Å². The summed E-state index contributed by atoms with van der Waals surface area (Å²) in [7, 11) is 5.58. The van der Waals surface area contributed by atoms with Gasteiger partial charge in [0.1, 0.15) is 0 Å². The normalized spacial score (nSPS) is 9.58. The van der Waals surface area contributed by atoms with Gasteiger partial charge < -0.3 is 15.3 Å². The van der Waals surface area contributed by atoms with Crippen LogP contribution in [0.3, 0.4) is 0 Å². The van der Waals surface area contributed by atoms with Crippen molar-refractivity contribution in [1.29, 1.82) is 0 Å². The molecule has 12 heavy (non-hydrogen) atoms. The summed E-state index contributed by atoms with van der Waals surface area (Å²) in [5.74, 6) is 0.296. The number of anilines is 2. The van der Waals surface area contributed by atoms with Crippen LogP contribution in [-0.4, -0.2) is 26.2 Å². The molecule has 3 nitrogen and oxygen atoms in total. The highest BCUT2D eigenvalue weighted by molar-refractivity contribution is 5.70. The lowest BCUT2D eigenvalue weighted by atomic mass is 10.2. The number of aromatic hydroxyl groups is 1. The van der Waals surface area contributed by atoms with E-state index < -0.39 is 0 Å². The molecule has 0 radical (unpaired) electrons. The molecule has 0 unspecified atom stereocenters. The topological polar surface area (TPSA) is 35.5 Å². The van der Waals surface area contributed by atoms with Crippen molar-refractivity contribution in [2.24, 2.45) is 0 Å². The molecule has 0 heterocycles. The first kappa shape index (κ1) is 8.71. The summed E-state index contributed by atoms with van der Waals surface area (Å²) < 4.78 is 0. The van der Waals surface area contributed by atoms with Crippen molar-refractivity contribution in [2.75, 3.05) is 31.4 Å². The number of benzene rings is 1. The number of hydrogen-bond acceptors (Lipinski definition) is 3. The molecule has 0 aromatic heterocycles. The molecule has 66 valence electrons. The number of phenolic OH excluding ortho intramolecular Hbond substituents is 1. The molecule has 0 saturated heterocycles. The largest absolute Gasteiger partial charge is 0.504 e. The maximum Gasteiger partial charge on any atom is 0.162 e. The Morgan fingerprint density at radius 3 is 2.50 bits per heavy atom. The van der Waals surface area contributed by atoms with E-state index in [4.69, 9.17) is 0 Å². The average molecular weight is 166 g/mol. The summed E-state index contributed by atoms with van der Waals surface area (Å²) in [4.78, 5) is 1.87. The minimum absolute atomic E-state index is 0.296. The standard InChI is InChI=1S/C9H14N2O/c1-10-7-5-4-6-8(9(7)12)11(2)3/h4-6,10,12H,1-3H3. The van der Waals surface area contributed by atoms with Crippen molar-refractivity contribution in [3.05, 3.63) is 18.2 Å². The van der Waals surface area contributed by atoms with E-state index in [0.29, 0.717) is 5.75 Å². The second-order valence-electron chi connectivity index (χ2n) is 2.82. The fourth-order valence-corrected chi connectivity index (χ4v) is 1.09. The van der Waals surface area contributed by atoms with Gasteiger partial charge in [0, 0.05) is 21.1 Å². The highest BCUT2D eigenvalue weighted by atomic mass is 16.3. The summed E-state index contributed by atoms with van der Waals surface area (Å²) in [5.41, 5.74) is 1.57. The number of nitrogens with one attached hydrogen (secondary N) is 1. The number of nitrogens with zero attached hydrogens (tertiary/aromatic N) is 1. The molecule has 0 atom stereocenters. The number of hydrogen-bond donors (Lipinski definition) is 2. The fourth-order valence-electron chi connectivity index (χ4n) is 1.09. The average Bonchev–Trinajstić information content (AvgIpc) is 2.04. The Balaban J connectivity index is 3.14. The van der Waals surface area contributed by atoms with Crippen molar-refractivity contribution in [2.45, 2.75) is 0 Å². The van der Waals surface area contributed by atoms with Crippen LogP contribution in [0.25, 0.3) is 0 Å². The van der Waals surface area contributed by atoms with Gasteiger partial charge in [-0.05, 0) is 12.1 Å². The van der Waals surface area contributed by atoms with Gasteiger partial charge in [-0.3, -0.25) is 0 Å². The van der Waals surface area contributed by atoms with Crippen molar-refractivity contribution in [3.8, 4) is 5.75 Å². The van der Waals surface area contributed by atoms with Gasteiger partial charge in [-0.2, -0.15) is 0 Å². The van der Waals surface area contributed by atoms with Gasteiger partial charge in [0.2, 0.25) is 0 Å². The third-order valence-electron chi connectivity index (χ3n) is 1.77. The molecule has 0 fully saturated rings. The molecule has 0 aliphatic carbocycles. The molecule has 0 aliphatic heterocycles. The maximum absolute atomic E-state index is 9.66. The predicted molar refractivity (Wildman–Crippen MR) is 52.0 cm³/mol. The minimum atomic E-state index is 0.296. The zero-order valence-electron chi connectivity index (χ0n) is 7.63. The molecule has 1 aromatic rings. The second kappa shape index (κ2) is 3.34. The van der Waals surface area contributed by atoms with Crippen LogP contribution in [-0.2, 0) is 0 Å². The molecule has 0 saturated carbocycles. The van der Waals surface area contributed by atoms with Gasteiger partial charge in [-0.15, -0.1) is 0 Å². The predicted octanol–water partition coefficient (Wildman–Crippen LogP) is 1.50. The summed E-state index contributed by atoms with van der Waals surface area (Å²) in [6.45, 7) is 0. The molecular weight excluding hydrogens is 152 g/mol. The van der Waals surface area contributed by atoms with Gasteiger partial charge in [0.15, 0.2) is 5.75 Å². The third-order valence-corrected chi connectivity index (χ3v) is 1.77. The Bertz CT molecular complexity index is 271. The number of para-hydroxylation sites is 1. The Labute approximate surface area is 72.6 Å². The minimum Gasteiger partial charge on any atom is -0.504 e. The zero-order chi connectivity index (χ0) is 9.14. The van der Waals surface area contributed by atoms with Crippen molar-refractivity contribution < 1.29 is 5.11 Å². The van der Waals surface area contributed by atoms with E-state index in [1.165, 1.54) is 0 Å². The fraction of sp³-hybridized carbons (Fsp3) is 0.333.